The van der Waals surface area contributed by atoms with Crippen LogP contribution in [-0.2, 0) is 16.0 Å². The third-order valence-corrected chi connectivity index (χ3v) is 3.29. The van der Waals surface area contributed by atoms with Crippen LogP contribution in [0.5, 0.6) is 0 Å². The second-order valence-corrected chi connectivity index (χ2v) is 5.31. The number of carbonyl (C=O) groups excluding carboxylic acids is 2. The number of nitrogens with zero attached hydrogens (tertiary/aromatic N) is 1. The van der Waals surface area contributed by atoms with Gasteiger partial charge in [-0.25, -0.2) is 0 Å². The normalized spacial score (nSPS) is 10.2. The lowest BCUT2D eigenvalue weighted by atomic mass is 10.1. The first kappa shape index (κ1) is 14.9. The van der Waals surface area contributed by atoms with Crippen LogP contribution >= 0.6 is 15.9 Å². The van der Waals surface area contributed by atoms with Gasteiger partial charge in [0.15, 0.2) is 0 Å². The van der Waals surface area contributed by atoms with Crippen LogP contribution in [0.1, 0.15) is 25.3 Å². The second kappa shape index (κ2) is 7.31. The summed E-state index contributed by atoms with van der Waals surface area (Å²) in [5, 5.41) is 0. The van der Waals surface area contributed by atoms with Crippen LogP contribution in [-0.4, -0.2) is 30.2 Å². The van der Waals surface area contributed by atoms with Crippen LogP contribution in [0, 0.1) is 0 Å². The van der Waals surface area contributed by atoms with Gasteiger partial charge in [0, 0.05) is 30.9 Å². The summed E-state index contributed by atoms with van der Waals surface area (Å²) in [7, 11) is 1.78. The highest BCUT2D eigenvalue weighted by atomic mass is 79.9. The quantitative estimate of drug-likeness (QED) is 0.810. The topological polar surface area (TPSA) is 37.4 Å². The van der Waals surface area contributed by atoms with Crippen LogP contribution in [0.25, 0.3) is 0 Å². The maximum absolute atomic E-state index is 11.7. The van der Waals surface area contributed by atoms with Crippen molar-refractivity contribution < 1.29 is 9.59 Å². The lowest BCUT2D eigenvalue weighted by molar-refractivity contribution is -0.131. The molecule has 0 aliphatic carbocycles. The van der Waals surface area contributed by atoms with Gasteiger partial charge in [-0.05, 0) is 31.0 Å². The molecule has 98 valence electrons. The number of halogens is 1. The van der Waals surface area contributed by atoms with E-state index >= 15 is 0 Å². The van der Waals surface area contributed by atoms with E-state index in [1.165, 1.54) is 12.5 Å². The highest BCUT2D eigenvalue weighted by molar-refractivity contribution is 9.10. The number of rotatable bonds is 6. The predicted octanol–water partition coefficient (Wildman–Crippen LogP) is 2.82. The Balaban J connectivity index is 2.36. The van der Waals surface area contributed by atoms with E-state index in [1.54, 1.807) is 11.9 Å². The maximum atomic E-state index is 11.7. The number of carbonyl (C=O) groups is 2. The van der Waals surface area contributed by atoms with E-state index in [1.807, 2.05) is 24.3 Å². The van der Waals surface area contributed by atoms with Gasteiger partial charge >= 0.3 is 0 Å². The molecule has 1 amide bonds. The Hall–Kier alpha value is -1.16. The zero-order valence-corrected chi connectivity index (χ0v) is 12.4. The van der Waals surface area contributed by atoms with Crippen LogP contribution < -0.4 is 0 Å². The molecule has 0 saturated carbocycles. The van der Waals surface area contributed by atoms with Gasteiger partial charge in [-0.15, -0.1) is 0 Å². The van der Waals surface area contributed by atoms with E-state index in [4.69, 9.17) is 0 Å². The Labute approximate surface area is 116 Å². The van der Waals surface area contributed by atoms with Crippen molar-refractivity contribution in [2.45, 2.75) is 26.2 Å². The molecule has 0 saturated heterocycles. The summed E-state index contributed by atoms with van der Waals surface area (Å²) in [6.07, 6.45) is 1.48. The summed E-state index contributed by atoms with van der Waals surface area (Å²) in [5.41, 5.74) is 1.20. The number of hydrogen-bond donors (Lipinski definition) is 0. The molecule has 0 bridgehead atoms. The van der Waals surface area contributed by atoms with Crippen molar-refractivity contribution in [3.63, 3.8) is 0 Å². The minimum atomic E-state index is 0.0299. The molecular weight excluding hydrogens is 294 g/mol. The average molecular weight is 312 g/mol. The second-order valence-electron chi connectivity index (χ2n) is 4.39. The van der Waals surface area contributed by atoms with Crippen molar-refractivity contribution in [3.05, 3.63) is 34.3 Å². The summed E-state index contributed by atoms with van der Waals surface area (Å²) < 4.78 is 1.05. The van der Waals surface area contributed by atoms with Crippen LogP contribution in [0.4, 0.5) is 0 Å². The van der Waals surface area contributed by atoms with Crippen molar-refractivity contribution in [3.8, 4) is 0 Å². The predicted molar refractivity (Wildman–Crippen MR) is 75.4 cm³/mol. The molecule has 0 aliphatic rings. The van der Waals surface area contributed by atoms with Gasteiger partial charge in [-0.2, -0.15) is 0 Å². The van der Waals surface area contributed by atoms with Gasteiger partial charge in [0.1, 0.15) is 5.78 Å². The SMILES string of the molecule is CC(=O)CCC(=O)N(C)CCc1ccc(Br)cc1. The molecule has 0 unspecified atom stereocenters. The largest absolute Gasteiger partial charge is 0.345 e. The Morgan fingerprint density at radius 2 is 1.78 bits per heavy atom. The summed E-state index contributed by atoms with van der Waals surface area (Å²) >= 11 is 3.39. The van der Waals surface area contributed by atoms with Gasteiger partial charge in [-0.3, -0.25) is 4.79 Å². The molecule has 18 heavy (non-hydrogen) atoms. The third kappa shape index (κ3) is 5.45. The maximum Gasteiger partial charge on any atom is 0.222 e. The monoisotopic (exact) mass is 311 g/mol. The van der Waals surface area contributed by atoms with Crippen molar-refractivity contribution in [2.75, 3.05) is 13.6 Å². The standard InChI is InChI=1S/C14H18BrNO2/c1-11(17)3-8-14(18)16(2)10-9-12-4-6-13(15)7-5-12/h4-7H,3,8-10H2,1-2H3. The first-order chi connectivity index (χ1) is 8.49. The number of hydrogen-bond acceptors (Lipinski definition) is 2. The molecule has 0 radical (unpaired) electrons. The van der Waals surface area contributed by atoms with Gasteiger partial charge < -0.3 is 9.69 Å². The Morgan fingerprint density at radius 3 is 2.33 bits per heavy atom. The van der Waals surface area contributed by atoms with Gasteiger partial charge in [0.2, 0.25) is 5.91 Å². The van der Waals surface area contributed by atoms with Crippen LogP contribution in [0.2, 0.25) is 0 Å². The fourth-order valence-corrected chi connectivity index (χ4v) is 1.81. The van der Waals surface area contributed by atoms with Crippen molar-refractivity contribution >= 4 is 27.6 Å². The number of likely N-dealkylation sites (N-methyl/N-ethyl adjacent to an activating group) is 1. The molecule has 0 atom stereocenters. The smallest absolute Gasteiger partial charge is 0.222 e. The molecule has 1 aromatic rings. The molecule has 4 heteroatoms. The molecule has 0 aromatic heterocycles. The average Bonchev–Trinajstić information content (AvgIpc) is 2.34. The zero-order valence-electron chi connectivity index (χ0n) is 10.8. The Bertz CT molecular complexity index is 414. The van der Waals surface area contributed by atoms with E-state index in [9.17, 15) is 9.59 Å². The third-order valence-electron chi connectivity index (χ3n) is 2.77. The van der Waals surface area contributed by atoms with E-state index in [2.05, 4.69) is 15.9 Å². The summed E-state index contributed by atoms with van der Waals surface area (Å²) in [6, 6.07) is 8.07. The Morgan fingerprint density at radius 1 is 1.17 bits per heavy atom. The summed E-state index contributed by atoms with van der Waals surface area (Å²) in [4.78, 5) is 24.2. The Kier molecular flexibility index (Phi) is 6.05. The number of amides is 1. The number of benzene rings is 1. The molecule has 0 heterocycles. The molecule has 1 rings (SSSR count). The molecule has 0 N–H and O–H groups in total. The van der Waals surface area contributed by atoms with Crippen molar-refractivity contribution in [2.24, 2.45) is 0 Å². The molecule has 0 aliphatic heterocycles. The summed E-state index contributed by atoms with van der Waals surface area (Å²) in [5.74, 6) is 0.0898. The zero-order chi connectivity index (χ0) is 13.5. The minimum Gasteiger partial charge on any atom is -0.345 e. The van der Waals surface area contributed by atoms with Crippen LogP contribution in [0.15, 0.2) is 28.7 Å². The molecule has 0 fully saturated rings. The number of Topliss-reactive ketones (excluding diaryl/α,β-unsaturated/α-hetero) is 1. The first-order valence-electron chi connectivity index (χ1n) is 5.97. The molecule has 1 aromatic carbocycles. The van der Waals surface area contributed by atoms with Crippen molar-refractivity contribution in [1.82, 2.24) is 4.90 Å². The van der Waals surface area contributed by atoms with E-state index in [0.717, 1.165) is 10.9 Å². The lowest BCUT2D eigenvalue weighted by Gasteiger charge is -2.16. The van der Waals surface area contributed by atoms with E-state index < -0.39 is 0 Å². The first-order valence-corrected chi connectivity index (χ1v) is 6.76. The highest BCUT2D eigenvalue weighted by Crippen LogP contribution is 2.11. The fourth-order valence-electron chi connectivity index (χ4n) is 1.55. The lowest BCUT2D eigenvalue weighted by Crippen LogP contribution is -2.28. The number of ketones is 1. The van der Waals surface area contributed by atoms with Crippen LogP contribution in [0.3, 0.4) is 0 Å². The van der Waals surface area contributed by atoms with E-state index in [0.29, 0.717) is 19.4 Å². The van der Waals surface area contributed by atoms with Gasteiger partial charge in [-0.1, -0.05) is 28.1 Å². The van der Waals surface area contributed by atoms with Gasteiger partial charge in [0.05, 0.1) is 0 Å². The fraction of sp³-hybridized carbons (Fsp3) is 0.429. The minimum absolute atomic E-state index is 0.0299. The summed E-state index contributed by atoms with van der Waals surface area (Å²) in [6.45, 7) is 2.19. The molecule has 3 nitrogen and oxygen atoms in total. The highest BCUT2D eigenvalue weighted by Gasteiger charge is 2.09. The van der Waals surface area contributed by atoms with E-state index in [-0.39, 0.29) is 11.7 Å². The molecular formula is C14H18BrNO2. The molecule has 0 spiro atoms. The van der Waals surface area contributed by atoms with Crippen molar-refractivity contribution in [1.29, 1.82) is 0 Å². The van der Waals surface area contributed by atoms with Gasteiger partial charge in [0.25, 0.3) is 0 Å².